The highest BCUT2D eigenvalue weighted by molar-refractivity contribution is 5.79. The molecule has 0 saturated heterocycles. The average molecular weight is 290 g/mol. The van der Waals surface area contributed by atoms with Crippen LogP contribution < -0.4 is 10.6 Å². The highest BCUT2D eigenvalue weighted by atomic mass is 15.2. The second kappa shape index (κ2) is 10.2. The van der Waals surface area contributed by atoms with E-state index in [-0.39, 0.29) is 0 Å². The molecule has 1 aromatic carbocycles. The first-order chi connectivity index (χ1) is 10.3. The van der Waals surface area contributed by atoms with Crippen LogP contribution in [0.1, 0.15) is 39.3 Å². The van der Waals surface area contributed by atoms with Crippen LogP contribution in [0.15, 0.2) is 35.3 Å². The lowest BCUT2D eigenvalue weighted by Crippen LogP contribution is -2.38. The normalized spacial score (nSPS) is 12.0. The van der Waals surface area contributed by atoms with Crippen LogP contribution in [0.3, 0.4) is 0 Å². The van der Waals surface area contributed by atoms with Crippen molar-refractivity contribution in [3.63, 3.8) is 0 Å². The lowest BCUT2D eigenvalue weighted by molar-refractivity contribution is 0.224. The van der Waals surface area contributed by atoms with Crippen molar-refractivity contribution < 1.29 is 0 Å². The van der Waals surface area contributed by atoms with E-state index in [2.05, 4.69) is 73.6 Å². The Morgan fingerprint density at radius 2 is 1.57 bits per heavy atom. The SMILES string of the molecule is CCNC(=NCC(c1ccccc1)N(CC)CC)NCC. The predicted molar refractivity (Wildman–Crippen MR) is 91.8 cm³/mol. The Morgan fingerprint density at radius 3 is 2.05 bits per heavy atom. The highest BCUT2D eigenvalue weighted by Gasteiger charge is 2.17. The molecule has 1 unspecified atom stereocenters. The van der Waals surface area contributed by atoms with Crippen LogP contribution in [0, 0.1) is 0 Å². The van der Waals surface area contributed by atoms with Gasteiger partial charge in [0.1, 0.15) is 0 Å². The molecular weight excluding hydrogens is 260 g/mol. The molecule has 118 valence electrons. The summed E-state index contributed by atoms with van der Waals surface area (Å²) in [5.41, 5.74) is 1.33. The maximum atomic E-state index is 4.75. The molecule has 0 fully saturated rings. The first-order valence-corrected chi connectivity index (χ1v) is 8.07. The first kappa shape index (κ1) is 17.5. The van der Waals surface area contributed by atoms with Crippen molar-refractivity contribution in [2.45, 2.75) is 33.7 Å². The Hall–Kier alpha value is -1.55. The molecule has 0 saturated carbocycles. The van der Waals surface area contributed by atoms with E-state index in [1.54, 1.807) is 0 Å². The van der Waals surface area contributed by atoms with Crippen LogP contribution in [-0.2, 0) is 0 Å². The third-order valence-corrected chi connectivity index (χ3v) is 3.55. The average Bonchev–Trinajstić information content (AvgIpc) is 2.52. The van der Waals surface area contributed by atoms with Gasteiger partial charge in [0, 0.05) is 13.1 Å². The lowest BCUT2D eigenvalue weighted by atomic mass is 10.1. The molecule has 0 amide bonds. The Kier molecular flexibility index (Phi) is 8.51. The van der Waals surface area contributed by atoms with Crippen LogP contribution in [0.5, 0.6) is 0 Å². The molecule has 21 heavy (non-hydrogen) atoms. The van der Waals surface area contributed by atoms with E-state index in [0.29, 0.717) is 6.04 Å². The second-order valence-corrected chi connectivity index (χ2v) is 4.90. The van der Waals surface area contributed by atoms with Crippen LogP contribution in [0.2, 0.25) is 0 Å². The Bertz CT molecular complexity index is 391. The number of hydrogen-bond acceptors (Lipinski definition) is 2. The summed E-state index contributed by atoms with van der Waals surface area (Å²) in [7, 11) is 0. The first-order valence-electron chi connectivity index (χ1n) is 8.07. The van der Waals surface area contributed by atoms with Crippen LogP contribution in [-0.4, -0.2) is 43.6 Å². The molecular formula is C17H30N4. The second-order valence-electron chi connectivity index (χ2n) is 4.90. The van der Waals surface area contributed by atoms with Gasteiger partial charge in [-0.3, -0.25) is 9.89 Å². The Morgan fingerprint density at radius 1 is 1.00 bits per heavy atom. The van der Waals surface area contributed by atoms with Crippen LogP contribution in [0.25, 0.3) is 0 Å². The number of nitrogens with one attached hydrogen (secondary N) is 2. The number of aliphatic imine (C=N–C) groups is 1. The minimum absolute atomic E-state index is 0.327. The van der Waals surface area contributed by atoms with Gasteiger partial charge in [-0.1, -0.05) is 44.2 Å². The maximum absolute atomic E-state index is 4.75. The summed E-state index contributed by atoms with van der Waals surface area (Å²) in [6, 6.07) is 11.0. The zero-order chi connectivity index (χ0) is 15.5. The van der Waals surface area contributed by atoms with Crippen LogP contribution in [0.4, 0.5) is 0 Å². The number of nitrogens with zero attached hydrogens (tertiary/aromatic N) is 2. The van der Waals surface area contributed by atoms with Gasteiger partial charge in [0.15, 0.2) is 5.96 Å². The molecule has 4 nitrogen and oxygen atoms in total. The van der Waals surface area contributed by atoms with E-state index in [0.717, 1.165) is 38.7 Å². The van der Waals surface area contributed by atoms with Gasteiger partial charge >= 0.3 is 0 Å². The summed E-state index contributed by atoms with van der Waals surface area (Å²) >= 11 is 0. The van der Waals surface area contributed by atoms with Crippen LogP contribution >= 0.6 is 0 Å². The topological polar surface area (TPSA) is 39.7 Å². The molecule has 0 radical (unpaired) electrons. The maximum Gasteiger partial charge on any atom is 0.191 e. The fraction of sp³-hybridized carbons (Fsp3) is 0.588. The van der Waals surface area contributed by atoms with Crippen molar-refractivity contribution in [1.29, 1.82) is 0 Å². The van der Waals surface area contributed by atoms with Gasteiger partial charge in [-0.15, -0.1) is 0 Å². The number of guanidine groups is 1. The number of benzene rings is 1. The van der Waals surface area contributed by atoms with Crippen molar-refractivity contribution in [2.24, 2.45) is 4.99 Å². The van der Waals surface area contributed by atoms with E-state index in [1.807, 2.05) is 0 Å². The van der Waals surface area contributed by atoms with E-state index in [4.69, 9.17) is 4.99 Å². The molecule has 0 aliphatic heterocycles. The minimum Gasteiger partial charge on any atom is -0.357 e. The van der Waals surface area contributed by atoms with Gasteiger partial charge in [0.05, 0.1) is 12.6 Å². The molecule has 1 aromatic rings. The monoisotopic (exact) mass is 290 g/mol. The van der Waals surface area contributed by atoms with Gasteiger partial charge < -0.3 is 10.6 Å². The van der Waals surface area contributed by atoms with Gasteiger partial charge in [-0.2, -0.15) is 0 Å². The number of rotatable bonds is 8. The van der Waals surface area contributed by atoms with Crippen molar-refractivity contribution in [2.75, 3.05) is 32.7 Å². The summed E-state index contributed by atoms with van der Waals surface area (Å²) < 4.78 is 0. The van der Waals surface area contributed by atoms with Gasteiger partial charge in [-0.25, -0.2) is 0 Å². The molecule has 2 N–H and O–H groups in total. The molecule has 4 heteroatoms. The Balaban J connectivity index is 2.89. The summed E-state index contributed by atoms with van der Waals surface area (Å²) in [6.45, 7) is 13.2. The van der Waals surface area contributed by atoms with Gasteiger partial charge in [-0.05, 0) is 32.5 Å². The standard InChI is InChI=1S/C17H30N4/c1-5-18-17(19-6-2)20-14-16(21(7-3)8-4)15-12-10-9-11-13-15/h9-13,16H,5-8,14H2,1-4H3,(H2,18,19,20). The van der Waals surface area contributed by atoms with Crippen molar-refractivity contribution in [3.05, 3.63) is 35.9 Å². The summed E-state index contributed by atoms with van der Waals surface area (Å²) in [5, 5.41) is 6.57. The molecule has 0 aliphatic rings. The highest BCUT2D eigenvalue weighted by Crippen LogP contribution is 2.20. The molecule has 0 bridgehead atoms. The third kappa shape index (κ3) is 5.76. The lowest BCUT2D eigenvalue weighted by Gasteiger charge is -2.29. The van der Waals surface area contributed by atoms with Crippen molar-refractivity contribution in [1.82, 2.24) is 15.5 Å². The van der Waals surface area contributed by atoms with E-state index >= 15 is 0 Å². The molecule has 0 spiro atoms. The molecule has 0 aromatic heterocycles. The molecule has 0 heterocycles. The largest absolute Gasteiger partial charge is 0.357 e. The van der Waals surface area contributed by atoms with Gasteiger partial charge in [0.25, 0.3) is 0 Å². The van der Waals surface area contributed by atoms with Gasteiger partial charge in [0.2, 0.25) is 0 Å². The third-order valence-electron chi connectivity index (χ3n) is 3.55. The summed E-state index contributed by atoms with van der Waals surface area (Å²) in [4.78, 5) is 7.20. The molecule has 1 rings (SSSR count). The summed E-state index contributed by atoms with van der Waals surface area (Å²) in [6.07, 6.45) is 0. The van der Waals surface area contributed by atoms with Crippen molar-refractivity contribution >= 4 is 5.96 Å². The summed E-state index contributed by atoms with van der Waals surface area (Å²) in [5.74, 6) is 0.896. The van der Waals surface area contributed by atoms with E-state index in [9.17, 15) is 0 Å². The fourth-order valence-electron chi connectivity index (χ4n) is 2.46. The number of hydrogen-bond donors (Lipinski definition) is 2. The molecule has 0 aliphatic carbocycles. The van der Waals surface area contributed by atoms with Crippen molar-refractivity contribution in [3.8, 4) is 0 Å². The zero-order valence-corrected chi connectivity index (χ0v) is 13.9. The quantitative estimate of drug-likeness (QED) is 0.571. The fourth-order valence-corrected chi connectivity index (χ4v) is 2.46. The molecule has 1 atom stereocenters. The Labute approximate surface area is 129 Å². The van der Waals surface area contributed by atoms with E-state index in [1.165, 1.54) is 5.56 Å². The smallest absolute Gasteiger partial charge is 0.191 e. The number of likely N-dealkylation sites (N-methyl/N-ethyl adjacent to an activating group) is 1. The van der Waals surface area contributed by atoms with E-state index < -0.39 is 0 Å². The zero-order valence-electron chi connectivity index (χ0n) is 13.9. The predicted octanol–water partition coefficient (Wildman–Crippen LogP) is 2.64. The minimum atomic E-state index is 0.327.